The molecule has 4 N–H and O–H groups in total. The second-order valence-electron chi connectivity index (χ2n) is 6.07. The number of nitrogens with zero attached hydrogens (tertiary/aromatic N) is 2. The average molecular weight is 388 g/mol. The molecule has 1 amide bonds. The topological polar surface area (TPSA) is 165 Å². The Morgan fingerprint density at radius 1 is 1.39 bits per heavy atom. The van der Waals surface area contributed by atoms with Crippen molar-refractivity contribution in [3.63, 3.8) is 0 Å². The van der Waals surface area contributed by atoms with E-state index in [1.165, 1.54) is 7.11 Å². The first-order valence-electron chi connectivity index (χ1n) is 8.41. The molecule has 0 spiro atoms. The number of carboxylic acid groups (broad SMARTS) is 1. The first-order chi connectivity index (χ1) is 13.4. The van der Waals surface area contributed by atoms with E-state index in [4.69, 9.17) is 10.3 Å². The van der Waals surface area contributed by atoms with E-state index in [9.17, 15) is 24.6 Å². The normalized spacial score (nSPS) is 12.6. The van der Waals surface area contributed by atoms with E-state index in [0.717, 1.165) is 10.9 Å². The van der Waals surface area contributed by atoms with Crippen LogP contribution in [0.3, 0.4) is 0 Å². The van der Waals surface area contributed by atoms with Crippen LogP contribution in [0.4, 0.5) is 0 Å². The lowest BCUT2D eigenvalue weighted by molar-refractivity contribution is -0.143. The van der Waals surface area contributed by atoms with Crippen molar-refractivity contribution in [3.05, 3.63) is 35.5 Å². The Labute approximate surface area is 159 Å². The molecule has 28 heavy (non-hydrogen) atoms. The van der Waals surface area contributed by atoms with Gasteiger partial charge in [-0.1, -0.05) is 6.07 Å². The number of Topliss-reactive ketones (excluding diaryl/α,β-unsaturated/α-hetero) is 1. The molecule has 2 rings (SSSR count). The van der Waals surface area contributed by atoms with Crippen molar-refractivity contribution in [2.24, 2.45) is 0 Å². The fourth-order valence-corrected chi connectivity index (χ4v) is 2.79. The zero-order chi connectivity index (χ0) is 20.7. The molecule has 1 heterocycles. The lowest BCUT2D eigenvalue weighted by Crippen LogP contribution is -2.46. The number of carboxylic acids is 1. The van der Waals surface area contributed by atoms with Crippen LogP contribution in [0.5, 0.6) is 5.75 Å². The van der Waals surface area contributed by atoms with E-state index in [1.54, 1.807) is 18.3 Å². The van der Waals surface area contributed by atoms with Gasteiger partial charge in [-0.05, 0) is 24.1 Å². The Morgan fingerprint density at radius 2 is 2.14 bits per heavy atom. The standard InChI is InChI=1S/C18H20N4O6/c1-28-15-4-2-3-12-16(15)10(8-20-12)7-14(24)17(25)22-13(18(26)27)6-5-11(23)9-21-19/h2-4,8-9,13-14,20,24H,5-7H2,1H3,(H,22,25)(H,26,27). The summed E-state index contributed by atoms with van der Waals surface area (Å²) >= 11 is 0. The van der Waals surface area contributed by atoms with Gasteiger partial charge in [0.1, 0.15) is 17.9 Å². The minimum absolute atomic E-state index is 0.0609. The highest BCUT2D eigenvalue weighted by Crippen LogP contribution is 2.29. The van der Waals surface area contributed by atoms with Crippen LogP contribution >= 0.6 is 0 Å². The summed E-state index contributed by atoms with van der Waals surface area (Å²) in [6.45, 7) is 0. The summed E-state index contributed by atoms with van der Waals surface area (Å²) in [5, 5.41) is 22.4. The molecule has 0 saturated carbocycles. The van der Waals surface area contributed by atoms with Gasteiger partial charge in [-0.15, -0.1) is 0 Å². The molecule has 2 aromatic rings. The molecule has 1 aromatic carbocycles. The molecule has 0 aliphatic rings. The molecule has 2 unspecified atom stereocenters. The number of H-pyrrole nitrogens is 1. The van der Waals surface area contributed by atoms with Gasteiger partial charge in [-0.3, -0.25) is 9.59 Å². The van der Waals surface area contributed by atoms with Gasteiger partial charge in [-0.2, -0.15) is 4.79 Å². The maximum absolute atomic E-state index is 12.2. The molecule has 0 saturated heterocycles. The van der Waals surface area contributed by atoms with Gasteiger partial charge in [0.15, 0.2) is 0 Å². The van der Waals surface area contributed by atoms with E-state index in [0.29, 0.717) is 17.5 Å². The van der Waals surface area contributed by atoms with Crippen LogP contribution in [0, 0.1) is 0 Å². The van der Waals surface area contributed by atoms with Gasteiger partial charge in [-0.25, -0.2) is 4.79 Å². The molecule has 148 valence electrons. The third kappa shape index (κ3) is 5.03. The molecule has 1 aromatic heterocycles. The highest BCUT2D eigenvalue weighted by Gasteiger charge is 2.26. The maximum atomic E-state index is 12.2. The number of hydrogen-bond donors (Lipinski definition) is 4. The quantitative estimate of drug-likeness (QED) is 0.259. The van der Waals surface area contributed by atoms with Crippen molar-refractivity contribution in [2.45, 2.75) is 31.4 Å². The van der Waals surface area contributed by atoms with Crippen LogP contribution in [0.2, 0.25) is 0 Å². The van der Waals surface area contributed by atoms with Crippen molar-refractivity contribution in [1.82, 2.24) is 10.3 Å². The minimum atomic E-state index is -1.50. The van der Waals surface area contributed by atoms with Gasteiger partial charge in [0, 0.05) is 29.9 Å². The maximum Gasteiger partial charge on any atom is 0.326 e. The number of rotatable bonds is 10. The molecule has 0 aliphatic carbocycles. The van der Waals surface area contributed by atoms with Gasteiger partial charge in [0.05, 0.1) is 7.11 Å². The van der Waals surface area contributed by atoms with Crippen LogP contribution in [0.1, 0.15) is 18.4 Å². The fraction of sp³-hybridized carbons (Fsp3) is 0.333. The SMILES string of the molecule is COc1cccc2[nH]cc(CC(O)C(=O)NC(CCC(=O)C=[N+]=[N-])C(=O)O)c12. The highest BCUT2D eigenvalue weighted by atomic mass is 16.5. The smallest absolute Gasteiger partial charge is 0.326 e. The number of carbonyl (C=O) groups excluding carboxylic acids is 2. The number of aliphatic carboxylic acids is 1. The number of ketones is 1. The summed E-state index contributed by atoms with van der Waals surface area (Å²) in [7, 11) is 1.51. The number of ether oxygens (including phenoxy) is 1. The number of aromatic amines is 1. The number of methoxy groups -OCH3 is 1. The number of benzene rings is 1. The van der Waals surface area contributed by atoms with Gasteiger partial charge in [0.25, 0.3) is 0 Å². The number of carbonyl (C=O) groups is 3. The van der Waals surface area contributed by atoms with E-state index in [-0.39, 0.29) is 19.3 Å². The lowest BCUT2D eigenvalue weighted by atomic mass is 10.0. The van der Waals surface area contributed by atoms with Crippen LogP contribution in [0.25, 0.3) is 16.4 Å². The Kier molecular flexibility index (Phi) is 7.02. The van der Waals surface area contributed by atoms with Crippen molar-refractivity contribution in [2.75, 3.05) is 7.11 Å². The van der Waals surface area contributed by atoms with Crippen LogP contribution in [0.15, 0.2) is 24.4 Å². The fourth-order valence-electron chi connectivity index (χ4n) is 2.79. The highest BCUT2D eigenvalue weighted by molar-refractivity contribution is 6.25. The van der Waals surface area contributed by atoms with Crippen LogP contribution in [-0.2, 0) is 20.8 Å². The molecular formula is C18H20N4O6. The Morgan fingerprint density at radius 3 is 2.79 bits per heavy atom. The van der Waals surface area contributed by atoms with Crippen LogP contribution < -0.4 is 10.1 Å². The third-order valence-electron chi connectivity index (χ3n) is 4.18. The summed E-state index contributed by atoms with van der Waals surface area (Å²) in [4.78, 5) is 40.4. The summed E-state index contributed by atoms with van der Waals surface area (Å²) < 4.78 is 5.30. The predicted octanol–water partition coefficient (Wildman–Crippen LogP) is 0.299. The van der Waals surface area contributed by atoms with E-state index in [2.05, 4.69) is 15.1 Å². The number of amides is 1. The van der Waals surface area contributed by atoms with E-state index >= 15 is 0 Å². The summed E-state index contributed by atoms with van der Waals surface area (Å²) in [5.41, 5.74) is 9.69. The minimum Gasteiger partial charge on any atom is -0.496 e. The Hall–Kier alpha value is -3.49. The number of aromatic nitrogens is 1. The molecule has 10 heteroatoms. The van der Waals surface area contributed by atoms with Crippen molar-refractivity contribution in [3.8, 4) is 5.75 Å². The number of aliphatic hydroxyl groups excluding tert-OH is 1. The Bertz CT molecular complexity index is 931. The first-order valence-corrected chi connectivity index (χ1v) is 8.41. The Balaban J connectivity index is 2.06. The zero-order valence-corrected chi connectivity index (χ0v) is 15.1. The summed E-state index contributed by atoms with van der Waals surface area (Å²) in [5.74, 6) is -2.23. The average Bonchev–Trinajstić information content (AvgIpc) is 3.07. The molecule has 10 nitrogen and oxygen atoms in total. The van der Waals surface area contributed by atoms with Crippen molar-refractivity contribution >= 4 is 34.8 Å². The number of hydrogen-bond acceptors (Lipinski definition) is 5. The van der Waals surface area contributed by atoms with E-state index in [1.807, 2.05) is 6.07 Å². The third-order valence-corrected chi connectivity index (χ3v) is 4.18. The van der Waals surface area contributed by atoms with E-state index < -0.39 is 29.8 Å². The van der Waals surface area contributed by atoms with Crippen molar-refractivity contribution < 1.29 is 34.1 Å². The summed E-state index contributed by atoms with van der Waals surface area (Å²) in [6.07, 6.45) is 0.289. The van der Waals surface area contributed by atoms with Crippen molar-refractivity contribution in [1.29, 1.82) is 0 Å². The number of aliphatic hydroxyl groups is 1. The molecule has 0 bridgehead atoms. The molecule has 0 aliphatic heterocycles. The van der Waals surface area contributed by atoms with Gasteiger partial charge < -0.3 is 30.8 Å². The molecular weight excluding hydrogens is 368 g/mol. The predicted molar refractivity (Wildman–Crippen MR) is 98.1 cm³/mol. The second-order valence-corrected chi connectivity index (χ2v) is 6.07. The molecule has 0 fully saturated rings. The summed E-state index contributed by atoms with van der Waals surface area (Å²) in [6, 6.07) is 4.00. The number of fused-ring (bicyclic) bond motifs is 1. The zero-order valence-electron chi connectivity index (χ0n) is 15.1. The lowest BCUT2D eigenvalue weighted by Gasteiger charge is -2.16. The molecule has 0 radical (unpaired) electrons. The van der Waals surface area contributed by atoms with Gasteiger partial charge >= 0.3 is 12.2 Å². The number of nitrogens with one attached hydrogen (secondary N) is 2. The van der Waals surface area contributed by atoms with Crippen LogP contribution in [-0.4, -0.2) is 63.1 Å². The van der Waals surface area contributed by atoms with Gasteiger partial charge in [0.2, 0.25) is 11.7 Å². The first kappa shape index (κ1) is 20.8. The largest absolute Gasteiger partial charge is 0.496 e. The molecule has 2 atom stereocenters. The monoisotopic (exact) mass is 388 g/mol. The second kappa shape index (κ2) is 9.45.